The number of carbonyl (C=O) groups is 1. The minimum Gasteiger partial charge on any atom is -0.472 e. The van der Waals surface area contributed by atoms with Crippen molar-refractivity contribution in [3.05, 3.63) is 23.4 Å². The lowest BCUT2D eigenvalue weighted by molar-refractivity contribution is 0.0400. The van der Waals surface area contributed by atoms with Crippen LogP contribution in [-0.4, -0.2) is 66.0 Å². The molecule has 1 amide bonds. The van der Waals surface area contributed by atoms with E-state index in [9.17, 15) is 13.6 Å². The zero-order valence-electron chi connectivity index (χ0n) is 19.8. The van der Waals surface area contributed by atoms with E-state index in [0.29, 0.717) is 45.1 Å². The standard InChI is InChI=1S/C24H36F3N3O3/c1-23(2,3)33-22(31)28-18-6-10-24(27,11-7-18)12-15-30-13-8-17-4-5-21(32-16-20(25)26)29-19(17)9-14-30/h4-5,18,20H,6-16H2,1-3H3,(H,28,31)/t18-,24+. The van der Waals surface area contributed by atoms with Gasteiger partial charge < -0.3 is 19.7 Å². The molecule has 9 heteroatoms. The van der Waals surface area contributed by atoms with Gasteiger partial charge in [0.05, 0.1) is 0 Å². The second-order valence-corrected chi connectivity index (χ2v) is 10.1. The number of halogens is 3. The molecule has 1 aromatic rings. The van der Waals surface area contributed by atoms with Crippen molar-refractivity contribution in [2.45, 2.75) is 89.5 Å². The molecular formula is C24H36F3N3O3. The van der Waals surface area contributed by atoms with Crippen LogP contribution < -0.4 is 10.1 Å². The molecule has 0 radical (unpaired) electrons. The zero-order valence-corrected chi connectivity index (χ0v) is 19.8. The lowest BCUT2D eigenvalue weighted by atomic mass is 9.81. The maximum absolute atomic E-state index is 15.4. The number of rotatable bonds is 7. The van der Waals surface area contributed by atoms with E-state index in [2.05, 4.69) is 15.2 Å². The first-order valence-electron chi connectivity index (χ1n) is 11.8. The van der Waals surface area contributed by atoms with Crippen LogP contribution in [0, 0.1) is 0 Å². The number of hydrogen-bond acceptors (Lipinski definition) is 5. The highest BCUT2D eigenvalue weighted by atomic mass is 19.3. The molecule has 2 heterocycles. The number of ether oxygens (including phenoxy) is 2. The van der Waals surface area contributed by atoms with Gasteiger partial charge in [-0.3, -0.25) is 0 Å². The molecule has 0 spiro atoms. The molecule has 6 nitrogen and oxygen atoms in total. The molecule has 186 valence electrons. The molecular weight excluding hydrogens is 435 g/mol. The summed E-state index contributed by atoms with van der Waals surface area (Å²) >= 11 is 0. The Hall–Kier alpha value is -2.03. The van der Waals surface area contributed by atoms with Gasteiger partial charge in [-0.2, -0.15) is 0 Å². The number of amides is 1. The van der Waals surface area contributed by atoms with Crippen LogP contribution in [0.5, 0.6) is 5.88 Å². The highest BCUT2D eigenvalue weighted by molar-refractivity contribution is 5.68. The van der Waals surface area contributed by atoms with Crippen LogP contribution in [0.4, 0.5) is 18.0 Å². The summed E-state index contributed by atoms with van der Waals surface area (Å²) in [4.78, 5) is 18.6. The normalized spacial score (nSPS) is 24.2. The van der Waals surface area contributed by atoms with E-state index in [1.165, 1.54) is 0 Å². The summed E-state index contributed by atoms with van der Waals surface area (Å²) in [6.07, 6.45) is 1.01. The summed E-state index contributed by atoms with van der Waals surface area (Å²) < 4.78 is 50.5. The Bertz CT molecular complexity index is 793. The number of aromatic nitrogens is 1. The van der Waals surface area contributed by atoms with Crippen LogP contribution in [0.15, 0.2) is 12.1 Å². The highest BCUT2D eigenvalue weighted by Gasteiger charge is 2.36. The second kappa shape index (κ2) is 10.9. The summed E-state index contributed by atoms with van der Waals surface area (Å²) in [6, 6.07) is 3.48. The van der Waals surface area contributed by atoms with E-state index in [1.54, 1.807) is 6.07 Å². The van der Waals surface area contributed by atoms with Gasteiger partial charge in [-0.25, -0.2) is 22.9 Å². The summed E-state index contributed by atoms with van der Waals surface area (Å²) in [7, 11) is 0. The molecule has 33 heavy (non-hydrogen) atoms. The molecule has 2 aliphatic rings. The zero-order chi connectivity index (χ0) is 24.1. The Morgan fingerprint density at radius 1 is 1.24 bits per heavy atom. The Morgan fingerprint density at radius 2 is 1.94 bits per heavy atom. The van der Waals surface area contributed by atoms with Gasteiger partial charge in [0.25, 0.3) is 6.43 Å². The smallest absolute Gasteiger partial charge is 0.407 e. The van der Waals surface area contributed by atoms with Gasteiger partial charge in [0.1, 0.15) is 11.3 Å². The van der Waals surface area contributed by atoms with Gasteiger partial charge in [-0.15, -0.1) is 0 Å². The third-order valence-corrected chi connectivity index (χ3v) is 6.24. The summed E-state index contributed by atoms with van der Waals surface area (Å²) in [5.74, 6) is 0.224. The van der Waals surface area contributed by atoms with Gasteiger partial charge in [0.15, 0.2) is 6.61 Å². The van der Waals surface area contributed by atoms with E-state index in [4.69, 9.17) is 9.47 Å². The molecule has 1 aliphatic heterocycles. The lowest BCUT2D eigenvalue weighted by Gasteiger charge is -2.36. The van der Waals surface area contributed by atoms with Crippen LogP contribution in [0.25, 0.3) is 0 Å². The molecule has 1 saturated carbocycles. The number of nitrogens with one attached hydrogen (secondary N) is 1. The van der Waals surface area contributed by atoms with Crippen molar-refractivity contribution in [1.82, 2.24) is 15.2 Å². The third-order valence-electron chi connectivity index (χ3n) is 6.24. The lowest BCUT2D eigenvalue weighted by Crippen LogP contribution is -2.44. The molecule has 1 N–H and O–H groups in total. The molecule has 0 unspecified atom stereocenters. The van der Waals surface area contributed by atoms with E-state index in [1.807, 2.05) is 26.8 Å². The predicted molar refractivity (Wildman–Crippen MR) is 120 cm³/mol. The average molecular weight is 472 g/mol. The molecule has 0 atom stereocenters. The van der Waals surface area contributed by atoms with Crippen molar-refractivity contribution in [2.75, 3.05) is 26.2 Å². The predicted octanol–water partition coefficient (Wildman–Crippen LogP) is 4.69. The quantitative estimate of drug-likeness (QED) is 0.625. The maximum Gasteiger partial charge on any atom is 0.407 e. The molecule has 0 saturated heterocycles. The van der Waals surface area contributed by atoms with Crippen LogP contribution in [0.1, 0.15) is 64.1 Å². The molecule has 1 fully saturated rings. The van der Waals surface area contributed by atoms with Gasteiger partial charge in [0.2, 0.25) is 5.88 Å². The van der Waals surface area contributed by atoms with Crippen molar-refractivity contribution in [3.63, 3.8) is 0 Å². The highest BCUT2D eigenvalue weighted by Crippen LogP contribution is 2.35. The number of fused-ring (bicyclic) bond motifs is 1. The van der Waals surface area contributed by atoms with Crippen molar-refractivity contribution in [3.8, 4) is 5.88 Å². The molecule has 3 rings (SSSR count). The largest absolute Gasteiger partial charge is 0.472 e. The fraction of sp³-hybridized carbons (Fsp3) is 0.750. The molecule has 0 aromatic carbocycles. The van der Waals surface area contributed by atoms with Gasteiger partial charge >= 0.3 is 6.09 Å². The fourth-order valence-corrected chi connectivity index (χ4v) is 4.42. The molecule has 1 aliphatic carbocycles. The van der Waals surface area contributed by atoms with Crippen molar-refractivity contribution in [1.29, 1.82) is 0 Å². The minimum atomic E-state index is -2.53. The monoisotopic (exact) mass is 471 g/mol. The third kappa shape index (κ3) is 8.36. The Balaban J connectivity index is 1.42. The van der Waals surface area contributed by atoms with Crippen molar-refractivity contribution in [2.24, 2.45) is 0 Å². The first kappa shape index (κ1) is 25.6. The Morgan fingerprint density at radius 3 is 2.61 bits per heavy atom. The summed E-state index contributed by atoms with van der Waals surface area (Å²) in [5.41, 5.74) is 0.184. The average Bonchev–Trinajstić information content (AvgIpc) is 2.93. The van der Waals surface area contributed by atoms with Gasteiger partial charge in [-0.1, -0.05) is 6.07 Å². The molecule has 1 aromatic heterocycles. The Kier molecular flexibility index (Phi) is 8.48. The number of nitrogens with zero attached hydrogens (tertiary/aromatic N) is 2. The first-order chi connectivity index (χ1) is 15.5. The fourth-order valence-electron chi connectivity index (χ4n) is 4.42. The van der Waals surface area contributed by atoms with Gasteiger partial charge in [0, 0.05) is 43.9 Å². The van der Waals surface area contributed by atoms with Crippen LogP contribution in [0.2, 0.25) is 0 Å². The number of hydrogen-bond donors (Lipinski definition) is 1. The van der Waals surface area contributed by atoms with Crippen LogP contribution in [0.3, 0.4) is 0 Å². The second-order valence-electron chi connectivity index (χ2n) is 10.1. The van der Waals surface area contributed by atoms with E-state index in [0.717, 1.165) is 30.8 Å². The summed E-state index contributed by atoms with van der Waals surface area (Å²) in [6.45, 7) is 7.00. The Labute approximate surface area is 194 Å². The van der Waals surface area contributed by atoms with Crippen molar-refractivity contribution < 1.29 is 27.4 Å². The summed E-state index contributed by atoms with van der Waals surface area (Å²) in [5, 5.41) is 2.86. The van der Waals surface area contributed by atoms with E-state index < -0.39 is 30.4 Å². The number of alkyl halides is 3. The van der Waals surface area contributed by atoms with Crippen molar-refractivity contribution >= 4 is 6.09 Å². The number of alkyl carbamates (subject to hydrolysis) is 1. The van der Waals surface area contributed by atoms with Crippen LogP contribution in [-0.2, 0) is 17.6 Å². The number of carbonyl (C=O) groups excluding carboxylic acids is 1. The van der Waals surface area contributed by atoms with Gasteiger partial charge in [-0.05, 0) is 64.9 Å². The molecule has 0 bridgehead atoms. The maximum atomic E-state index is 15.4. The topological polar surface area (TPSA) is 63.7 Å². The number of pyridine rings is 1. The van der Waals surface area contributed by atoms with E-state index in [-0.39, 0.29) is 11.9 Å². The minimum absolute atomic E-state index is 0.0519. The van der Waals surface area contributed by atoms with Crippen LogP contribution >= 0.6 is 0 Å². The first-order valence-corrected chi connectivity index (χ1v) is 11.8. The van der Waals surface area contributed by atoms with E-state index >= 15 is 4.39 Å². The SMILES string of the molecule is CC(C)(C)OC(=O)N[C@H]1CC[C@](F)(CCN2CCc3ccc(OCC(F)F)nc3CC2)CC1.